The van der Waals surface area contributed by atoms with Crippen LogP contribution < -0.4 is 0 Å². The summed E-state index contributed by atoms with van der Waals surface area (Å²) in [4.78, 5) is 11.5. The number of hydrogen-bond donors (Lipinski definition) is 0. The predicted molar refractivity (Wildman–Crippen MR) is 60.9 cm³/mol. The molecule has 1 rings (SSSR count). The lowest BCUT2D eigenvalue weighted by molar-refractivity contribution is -0.119. The fourth-order valence-electron chi connectivity index (χ4n) is 1.34. The molecule has 1 aromatic carbocycles. The molecule has 0 saturated carbocycles. The Balaban J connectivity index is 2.19. The summed E-state index contributed by atoms with van der Waals surface area (Å²) in [6.45, 7) is 3.36. The van der Waals surface area contributed by atoms with Crippen molar-refractivity contribution < 1.29 is 9.53 Å². The zero-order valence-electron chi connectivity index (χ0n) is 9.24. The zero-order chi connectivity index (χ0) is 10.9. The van der Waals surface area contributed by atoms with Gasteiger partial charge in [0.25, 0.3) is 0 Å². The largest absolute Gasteiger partial charge is 0.381 e. The van der Waals surface area contributed by atoms with Crippen LogP contribution in [0.15, 0.2) is 30.3 Å². The van der Waals surface area contributed by atoms with E-state index in [0.29, 0.717) is 19.4 Å². The highest BCUT2D eigenvalue weighted by atomic mass is 16.5. The van der Waals surface area contributed by atoms with Gasteiger partial charge in [-0.25, -0.2) is 0 Å². The molecular formula is C13H18O2. The molecule has 0 spiro atoms. The van der Waals surface area contributed by atoms with Crippen LogP contribution in [0.2, 0.25) is 0 Å². The predicted octanol–water partition coefficient (Wildman–Crippen LogP) is 2.61. The Morgan fingerprint density at radius 3 is 2.60 bits per heavy atom. The van der Waals surface area contributed by atoms with Gasteiger partial charge in [-0.3, -0.25) is 4.79 Å². The van der Waals surface area contributed by atoms with E-state index in [-0.39, 0.29) is 5.78 Å². The van der Waals surface area contributed by atoms with Crippen LogP contribution in [-0.2, 0) is 16.0 Å². The Kier molecular flexibility index (Phi) is 5.71. The molecule has 0 unspecified atom stereocenters. The third kappa shape index (κ3) is 5.33. The smallest absolute Gasteiger partial charge is 0.139 e. The van der Waals surface area contributed by atoms with Crippen LogP contribution in [0, 0.1) is 0 Å². The minimum atomic E-state index is 0.248. The number of ketones is 1. The van der Waals surface area contributed by atoms with E-state index < -0.39 is 0 Å². The van der Waals surface area contributed by atoms with Gasteiger partial charge in [0.1, 0.15) is 5.78 Å². The SMILES string of the molecule is CCCOCCC(=O)Cc1ccccc1. The normalized spacial score (nSPS) is 10.2. The van der Waals surface area contributed by atoms with Crippen molar-refractivity contribution >= 4 is 5.78 Å². The molecular weight excluding hydrogens is 188 g/mol. The van der Waals surface area contributed by atoms with Crippen molar-refractivity contribution in [3.8, 4) is 0 Å². The van der Waals surface area contributed by atoms with Crippen LogP contribution in [0.3, 0.4) is 0 Å². The molecule has 0 aliphatic heterocycles. The Labute approximate surface area is 91.3 Å². The van der Waals surface area contributed by atoms with E-state index in [0.717, 1.165) is 18.6 Å². The van der Waals surface area contributed by atoms with E-state index >= 15 is 0 Å². The van der Waals surface area contributed by atoms with Crippen LogP contribution in [-0.4, -0.2) is 19.0 Å². The number of Topliss-reactive ketones (excluding diaryl/α,β-unsaturated/α-hetero) is 1. The van der Waals surface area contributed by atoms with Gasteiger partial charge in [0, 0.05) is 19.4 Å². The second kappa shape index (κ2) is 7.18. The van der Waals surface area contributed by atoms with Crippen molar-refractivity contribution in [2.24, 2.45) is 0 Å². The molecule has 0 saturated heterocycles. The fraction of sp³-hybridized carbons (Fsp3) is 0.462. The van der Waals surface area contributed by atoms with E-state index in [1.54, 1.807) is 0 Å². The minimum absolute atomic E-state index is 0.248. The minimum Gasteiger partial charge on any atom is -0.381 e. The number of hydrogen-bond acceptors (Lipinski definition) is 2. The first-order chi connectivity index (χ1) is 7.33. The molecule has 15 heavy (non-hydrogen) atoms. The summed E-state index contributed by atoms with van der Waals surface area (Å²) in [6.07, 6.45) is 2.05. The van der Waals surface area contributed by atoms with Crippen LogP contribution in [0.4, 0.5) is 0 Å². The van der Waals surface area contributed by atoms with E-state index in [4.69, 9.17) is 4.74 Å². The number of carbonyl (C=O) groups is 1. The monoisotopic (exact) mass is 206 g/mol. The van der Waals surface area contributed by atoms with Crippen LogP contribution >= 0.6 is 0 Å². The van der Waals surface area contributed by atoms with Crippen molar-refractivity contribution in [1.29, 1.82) is 0 Å². The Morgan fingerprint density at radius 1 is 1.20 bits per heavy atom. The summed E-state index contributed by atoms with van der Waals surface area (Å²) in [5.74, 6) is 0.248. The topological polar surface area (TPSA) is 26.3 Å². The second-order valence-electron chi connectivity index (χ2n) is 3.56. The first-order valence-electron chi connectivity index (χ1n) is 5.46. The molecule has 0 aliphatic carbocycles. The maximum absolute atomic E-state index is 11.5. The Morgan fingerprint density at radius 2 is 1.93 bits per heavy atom. The van der Waals surface area contributed by atoms with Crippen molar-refractivity contribution in [2.45, 2.75) is 26.2 Å². The fourth-order valence-corrected chi connectivity index (χ4v) is 1.34. The Bertz CT molecular complexity index is 280. The average Bonchev–Trinajstić information content (AvgIpc) is 2.26. The first-order valence-corrected chi connectivity index (χ1v) is 5.46. The van der Waals surface area contributed by atoms with E-state index in [1.165, 1.54) is 0 Å². The zero-order valence-corrected chi connectivity index (χ0v) is 9.24. The number of benzene rings is 1. The first kappa shape index (κ1) is 11.9. The molecule has 82 valence electrons. The van der Waals surface area contributed by atoms with E-state index in [1.807, 2.05) is 30.3 Å². The molecule has 0 aromatic heterocycles. The highest BCUT2D eigenvalue weighted by Gasteiger charge is 2.02. The molecule has 1 aromatic rings. The lowest BCUT2D eigenvalue weighted by atomic mass is 10.1. The van der Waals surface area contributed by atoms with Gasteiger partial charge in [-0.15, -0.1) is 0 Å². The second-order valence-corrected chi connectivity index (χ2v) is 3.56. The third-order valence-electron chi connectivity index (χ3n) is 2.12. The summed E-state index contributed by atoms with van der Waals surface area (Å²) >= 11 is 0. The summed E-state index contributed by atoms with van der Waals surface area (Å²) < 4.78 is 5.27. The van der Waals surface area contributed by atoms with Crippen molar-refractivity contribution in [3.05, 3.63) is 35.9 Å². The number of rotatable bonds is 7. The maximum Gasteiger partial charge on any atom is 0.139 e. The van der Waals surface area contributed by atoms with Gasteiger partial charge in [-0.05, 0) is 12.0 Å². The van der Waals surface area contributed by atoms with Gasteiger partial charge in [0.2, 0.25) is 0 Å². The van der Waals surface area contributed by atoms with Gasteiger partial charge < -0.3 is 4.74 Å². The highest BCUT2D eigenvalue weighted by molar-refractivity contribution is 5.80. The Hall–Kier alpha value is -1.15. The van der Waals surface area contributed by atoms with Crippen molar-refractivity contribution in [3.63, 3.8) is 0 Å². The van der Waals surface area contributed by atoms with Crippen molar-refractivity contribution in [1.82, 2.24) is 0 Å². The summed E-state index contributed by atoms with van der Waals surface area (Å²) in [6, 6.07) is 9.82. The third-order valence-corrected chi connectivity index (χ3v) is 2.12. The highest BCUT2D eigenvalue weighted by Crippen LogP contribution is 2.02. The summed E-state index contributed by atoms with van der Waals surface area (Å²) in [7, 11) is 0. The van der Waals surface area contributed by atoms with Gasteiger partial charge in [-0.1, -0.05) is 37.3 Å². The van der Waals surface area contributed by atoms with Crippen LogP contribution in [0.25, 0.3) is 0 Å². The summed E-state index contributed by atoms with van der Waals surface area (Å²) in [5.41, 5.74) is 1.08. The van der Waals surface area contributed by atoms with Gasteiger partial charge in [-0.2, -0.15) is 0 Å². The molecule has 0 radical (unpaired) electrons. The molecule has 0 bridgehead atoms. The molecule has 0 fully saturated rings. The maximum atomic E-state index is 11.5. The van der Waals surface area contributed by atoms with Crippen LogP contribution in [0.5, 0.6) is 0 Å². The molecule has 0 atom stereocenters. The molecule has 0 heterocycles. The molecule has 0 N–H and O–H groups in total. The average molecular weight is 206 g/mol. The number of carbonyl (C=O) groups excluding carboxylic acids is 1. The molecule has 0 aliphatic rings. The van der Waals surface area contributed by atoms with Crippen molar-refractivity contribution in [2.75, 3.05) is 13.2 Å². The van der Waals surface area contributed by atoms with Gasteiger partial charge in [0.05, 0.1) is 6.61 Å². The quantitative estimate of drug-likeness (QED) is 0.641. The van der Waals surface area contributed by atoms with E-state index in [9.17, 15) is 4.79 Å². The summed E-state index contributed by atoms with van der Waals surface area (Å²) in [5, 5.41) is 0. The van der Waals surface area contributed by atoms with Gasteiger partial charge >= 0.3 is 0 Å². The molecule has 2 heteroatoms. The molecule has 2 nitrogen and oxygen atoms in total. The molecule has 0 amide bonds. The van der Waals surface area contributed by atoms with Gasteiger partial charge in [0.15, 0.2) is 0 Å². The van der Waals surface area contributed by atoms with Crippen LogP contribution in [0.1, 0.15) is 25.3 Å². The van der Waals surface area contributed by atoms with E-state index in [2.05, 4.69) is 6.92 Å². The standard InChI is InChI=1S/C13H18O2/c1-2-9-15-10-8-13(14)11-12-6-4-3-5-7-12/h3-7H,2,8-11H2,1H3. The number of ether oxygens (including phenoxy) is 1. The lowest BCUT2D eigenvalue weighted by Crippen LogP contribution is -2.07. The lowest BCUT2D eigenvalue weighted by Gasteiger charge is -2.02.